The van der Waals surface area contributed by atoms with Crippen molar-refractivity contribution in [3.05, 3.63) is 11.6 Å². The highest BCUT2D eigenvalue weighted by Crippen LogP contribution is 2.30. The van der Waals surface area contributed by atoms with E-state index in [4.69, 9.17) is 0 Å². The van der Waals surface area contributed by atoms with E-state index in [0.717, 1.165) is 25.8 Å². The van der Waals surface area contributed by atoms with E-state index in [9.17, 15) is 9.59 Å². The van der Waals surface area contributed by atoms with Gasteiger partial charge < -0.3 is 10.2 Å². The van der Waals surface area contributed by atoms with Crippen molar-refractivity contribution >= 4 is 28.3 Å². The Hall–Kier alpha value is -1.43. The molecule has 2 amide bonds. The van der Waals surface area contributed by atoms with Gasteiger partial charge in [0.2, 0.25) is 11.8 Å². The second-order valence-corrected chi connectivity index (χ2v) is 7.63. The molecule has 126 valence electrons. The van der Waals surface area contributed by atoms with Gasteiger partial charge in [-0.1, -0.05) is 25.7 Å². The van der Waals surface area contributed by atoms with E-state index in [1.165, 1.54) is 43.4 Å². The lowest BCUT2D eigenvalue weighted by Gasteiger charge is -2.34. The van der Waals surface area contributed by atoms with Crippen LogP contribution in [-0.2, 0) is 9.59 Å². The van der Waals surface area contributed by atoms with Crippen LogP contribution in [0.15, 0.2) is 11.6 Å². The van der Waals surface area contributed by atoms with Gasteiger partial charge in [-0.25, -0.2) is 4.98 Å². The van der Waals surface area contributed by atoms with Gasteiger partial charge in [0.1, 0.15) is 0 Å². The fraction of sp³-hybridized carbons (Fsp3) is 0.706. The largest absolute Gasteiger partial charge is 0.333 e. The second kappa shape index (κ2) is 7.90. The summed E-state index contributed by atoms with van der Waals surface area (Å²) in [6.07, 6.45) is 10.9. The first kappa shape index (κ1) is 16.4. The highest BCUT2D eigenvalue weighted by atomic mass is 32.1. The van der Waals surface area contributed by atoms with Crippen molar-refractivity contribution in [2.75, 3.05) is 18.4 Å². The molecule has 0 aliphatic heterocycles. The fourth-order valence-corrected chi connectivity index (χ4v) is 3.99. The summed E-state index contributed by atoms with van der Waals surface area (Å²) >= 11 is 1.40. The molecule has 3 rings (SSSR count). The third-order valence-electron chi connectivity index (χ3n) is 4.98. The Labute approximate surface area is 141 Å². The van der Waals surface area contributed by atoms with Crippen LogP contribution in [0.4, 0.5) is 5.13 Å². The number of rotatable bonds is 6. The molecule has 0 saturated heterocycles. The lowest BCUT2D eigenvalue weighted by atomic mass is 9.83. The maximum Gasteiger partial charge on any atom is 0.245 e. The molecule has 0 aromatic carbocycles. The highest BCUT2D eigenvalue weighted by Gasteiger charge is 2.31. The van der Waals surface area contributed by atoms with E-state index < -0.39 is 0 Å². The molecule has 2 fully saturated rings. The molecule has 0 spiro atoms. The minimum Gasteiger partial charge on any atom is -0.333 e. The lowest BCUT2D eigenvalue weighted by molar-refractivity contribution is -0.141. The van der Waals surface area contributed by atoms with Gasteiger partial charge in [-0.3, -0.25) is 9.59 Å². The summed E-state index contributed by atoms with van der Waals surface area (Å²) in [6, 6.07) is 0. The van der Waals surface area contributed by atoms with Crippen LogP contribution in [0.3, 0.4) is 0 Å². The molecule has 23 heavy (non-hydrogen) atoms. The van der Waals surface area contributed by atoms with Crippen molar-refractivity contribution in [3.8, 4) is 0 Å². The first-order valence-electron chi connectivity index (χ1n) is 8.70. The minimum absolute atomic E-state index is 0.136. The van der Waals surface area contributed by atoms with Gasteiger partial charge in [-0.2, -0.15) is 0 Å². The predicted octanol–water partition coefficient (Wildman–Crippen LogP) is 3.29. The van der Waals surface area contributed by atoms with Gasteiger partial charge in [0.25, 0.3) is 0 Å². The van der Waals surface area contributed by atoms with E-state index in [1.807, 2.05) is 10.3 Å². The highest BCUT2D eigenvalue weighted by molar-refractivity contribution is 7.13. The van der Waals surface area contributed by atoms with Crippen LogP contribution in [0.1, 0.15) is 51.4 Å². The number of hydrogen-bond acceptors (Lipinski definition) is 4. The summed E-state index contributed by atoms with van der Waals surface area (Å²) in [6.45, 7) is 0.895. The number of aromatic nitrogens is 1. The molecule has 0 unspecified atom stereocenters. The fourth-order valence-electron chi connectivity index (χ4n) is 3.44. The Morgan fingerprint density at radius 1 is 1.17 bits per heavy atom. The van der Waals surface area contributed by atoms with Gasteiger partial charge in [0, 0.05) is 24.0 Å². The molecule has 2 aliphatic carbocycles. The van der Waals surface area contributed by atoms with Crippen molar-refractivity contribution in [2.24, 2.45) is 11.8 Å². The molecule has 0 radical (unpaired) electrons. The number of amides is 2. The Bertz CT molecular complexity index is 522. The summed E-state index contributed by atoms with van der Waals surface area (Å²) in [5, 5.41) is 5.22. The van der Waals surface area contributed by atoms with E-state index in [-0.39, 0.29) is 24.3 Å². The minimum atomic E-state index is -0.136. The van der Waals surface area contributed by atoms with Crippen LogP contribution in [0.5, 0.6) is 0 Å². The Morgan fingerprint density at radius 2 is 1.96 bits per heavy atom. The van der Waals surface area contributed by atoms with Crippen LogP contribution >= 0.6 is 11.3 Å². The zero-order valence-electron chi connectivity index (χ0n) is 13.5. The van der Waals surface area contributed by atoms with Gasteiger partial charge in [-0.05, 0) is 31.6 Å². The van der Waals surface area contributed by atoms with Crippen LogP contribution in [0.25, 0.3) is 0 Å². The molecule has 6 heteroatoms. The number of carbonyl (C=O) groups excluding carboxylic acids is 2. The van der Waals surface area contributed by atoms with Crippen molar-refractivity contribution in [1.29, 1.82) is 0 Å². The molecule has 2 saturated carbocycles. The molecule has 1 N–H and O–H groups in total. The Morgan fingerprint density at radius 3 is 2.57 bits per heavy atom. The first-order valence-corrected chi connectivity index (χ1v) is 9.58. The number of anilines is 1. The molecule has 2 aliphatic rings. The standard InChI is InChI=1S/C17H25N3O2S/c21-15(19-17-18-9-10-23-17)12-20(16(22)14-7-4-8-14)11-13-5-2-1-3-6-13/h9-10,13-14H,1-8,11-12H2,(H,18,19,21). The summed E-state index contributed by atoms with van der Waals surface area (Å²) in [7, 11) is 0. The summed E-state index contributed by atoms with van der Waals surface area (Å²) in [5.41, 5.74) is 0. The molecule has 0 bridgehead atoms. The summed E-state index contributed by atoms with van der Waals surface area (Å²) in [5.74, 6) is 0.742. The van der Waals surface area contributed by atoms with Gasteiger partial charge in [-0.15, -0.1) is 11.3 Å². The van der Waals surface area contributed by atoms with Crippen LogP contribution in [0, 0.1) is 11.8 Å². The monoisotopic (exact) mass is 335 g/mol. The Kier molecular flexibility index (Phi) is 5.65. The predicted molar refractivity (Wildman–Crippen MR) is 91.2 cm³/mol. The quantitative estimate of drug-likeness (QED) is 0.867. The normalized spacial score (nSPS) is 19.1. The number of thiazole rings is 1. The molecule has 1 aromatic heterocycles. The van der Waals surface area contributed by atoms with E-state index >= 15 is 0 Å². The lowest BCUT2D eigenvalue weighted by Crippen LogP contribution is -2.45. The second-order valence-electron chi connectivity index (χ2n) is 6.74. The zero-order valence-corrected chi connectivity index (χ0v) is 14.3. The zero-order chi connectivity index (χ0) is 16.1. The van der Waals surface area contributed by atoms with Crippen molar-refractivity contribution in [3.63, 3.8) is 0 Å². The molecular weight excluding hydrogens is 310 g/mol. The number of hydrogen-bond donors (Lipinski definition) is 1. The van der Waals surface area contributed by atoms with Crippen LogP contribution in [0.2, 0.25) is 0 Å². The molecule has 5 nitrogen and oxygen atoms in total. The van der Waals surface area contributed by atoms with E-state index in [0.29, 0.717) is 11.0 Å². The SMILES string of the molecule is O=C(CN(CC1CCCCC1)C(=O)C1CCC1)Nc1nccs1. The molecule has 1 heterocycles. The van der Waals surface area contributed by atoms with Crippen LogP contribution < -0.4 is 5.32 Å². The number of nitrogens with one attached hydrogen (secondary N) is 1. The van der Waals surface area contributed by atoms with E-state index in [2.05, 4.69) is 10.3 Å². The Balaban J connectivity index is 1.58. The first-order chi connectivity index (χ1) is 11.2. The maximum absolute atomic E-state index is 12.7. The van der Waals surface area contributed by atoms with Gasteiger partial charge in [0.05, 0.1) is 6.54 Å². The van der Waals surface area contributed by atoms with Crippen molar-refractivity contribution < 1.29 is 9.59 Å². The van der Waals surface area contributed by atoms with Gasteiger partial charge in [0.15, 0.2) is 5.13 Å². The van der Waals surface area contributed by atoms with Crippen LogP contribution in [-0.4, -0.2) is 34.8 Å². The smallest absolute Gasteiger partial charge is 0.245 e. The van der Waals surface area contributed by atoms with E-state index in [1.54, 1.807) is 6.20 Å². The third-order valence-corrected chi connectivity index (χ3v) is 5.67. The third kappa shape index (κ3) is 4.53. The average molecular weight is 335 g/mol. The topological polar surface area (TPSA) is 62.3 Å². The summed E-state index contributed by atoms with van der Waals surface area (Å²) in [4.78, 5) is 30.8. The molecular formula is C17H25N3O2S. The number of carbonyl (C=O) groups is 2. The molecule has 1 aromatic rings. The van der Waals surface area contributed by atoms with Crippen molar-refractivity contribution in [1.82, 2.24) is 9.88 Å². The maximum atomic E-state index is 12.7. The van der Waals surface area contributed by atoms with Gasteiger partial charge >= 0.3 is 0 Å². The van der Waals surface area contributed by atoms with Crippen molar-refractivity contribution in [2.45, 2.75) is 51.4 Å². The molecule has 0 atom stereocenters. The summed E-state index contributed by atoms with van der Waals surface area (Å²) < 4.78 is 0. The number of nitrogens with zero attached hydrogens (tertiary/aromatic N) is 2. The average Bonchev–Trinajstić information content (AvgIpc) is 2.98.